The largest absolute Gasteiger partial charge is 0.393 e. The van der Waals surface area contributed by atoms with Crippen LogP contribution in [0.1, 0.15) is 55.2 Å². The standard InChI is InChI=1S/C17H24O/c18-17(11-13-4-1-2-5-13)12-14-8-9-15-6-3-7-16(15)10-14/h8-10,13,17-18H,1-7,11-12H2. The van der Waals surface area contributed by atoms with Gasteiger partial charge >= 0.3 is 0 Å². The number of benzene rings is 1. The predicted molar refractivity (Wildman–Crippen MR) is 74.8 cm³/mol. The lowest BCUT2D eigenvalue weighted by atomic mass is 9.95. The Morgan fingerprint density at radius 1 is 1.06 bits per heavy atom. The lowest BCUT2D eigenvalue weighted by molar-refractivity contribution is 0.143. The van der Waals surface area contributed by atoms with E-state index in [1.807, 2.05) is 0 Å². The maximum Gasteiger partial charge on any atom is 0.0583 e. The Kier molecular flexibility index (Phi) is 3.69. The van der Waals surface area contributed by atoms with E-state index >= 15 is 0 Å². The molecule has 98 valence electrons. The molecule has 1 heteroatoms. The molecule has 2 aliphatic rings. The summed E-state index contributed by atoms with van der Waals surface area (Å²) < 4.78 is 0. The van der Waals surface area contributed by atoms with E-state index < -0.39 is 0 Å². The molecule has 3 rings (SSSR count). The Hall–Kier alpha value is -0.820. The molecular formula is C17H24O. The number of aliphatic hydroxyl groups excluding tert-OH is 1. The van der Waals surface area contributed by atoms with Crippen LogP contribution in [0, 0.1) is 5.92 Å². The summed E-state index contributed by atoms with van der Waals surface area (Å²) in [7, 11) is 0. The first-order valence-electron chi connectivity index (χ1n) is 7.60. The number of hydrogen-bond acceptors (Lipinski definition) is 1. The molecule has 0 bridgehead atoms. The van der Waals surface area contributed by atoms with E-state index in [0.717, 1.165) is 18.8 Å². The van der Waals surface area contributed by atoms with Crippen molar-refractivity contribution < 1.29 is 5.11 Å². The van der Waals surface area contributed by atoms with Gasteiger partial charge in [-0.05, 0) is 54.7 Å². The van der Waals surface area contributed by atoms with Gasteiger partial charge < -0.3 is 5.11 Å². The van der Waals surface area contributed by atoms with Crippen LogP contribution < -0.4 is 0 Å². The second-order valence-electron chi connectivity index (χ2n) is 6.20. The molecule has 0 heterocycles. The number of aryl methyl sites for hydroxylation is 2. The van der Waals surface area contributed by atoms with E-state index in [-0.39, 0.29) is 6.10 Å². The zero-order chi connectivity index (χ0) is 12.4. The normalized spacial score (nSPS) is 21.2. The molecule has 0 radical (unpaired) electrons. The van der Waals surface area contributed by atoms with E-state index in [1.165, 1.54) is 61.6 Å². The molecule has 1 saturated carbocycles. The van der Waals surface area contributed by atoms with Crippen LogP contribution in [-0.4, -0.2) is 11.2 Å². The van der Waals surface area contributed by atoms with Crippen molar-refractivity contribution in [2.75, 3.05) is 0 Å². The van der Waals surface area contributed by atoms with Crippen molar-refractivity contribution >= 4 is 0 Å². The first kappa shape index (κ1) is 12.2. The summed E-state index contributed by atoms with van der Waals surface area (Å²) in [5.41, 5.74) is 4.39. The van der Waals surface area contributed by atoms with Gasteiger partial charge in [-0.1, -0.05) is 43.9 Å². The summed E-state index contributed by atoms with van der Waals surface area (Å²) in [6.45, 7) is 0. The predicted octanol–water partition coefficient (Wildman–Crippen LogP) is 3.66. The highest BCUT2D eigenvalue weighted by Gasteiger charge is 2.19. The fraction of sp³-hybridized carbons (Fsp3) is 0.647. The molecule has 0 saturated heterocycles. The van der Waals surface area contributed by atoms with Crippen molar-refractivity contribution in [3.63, 3.8) is 0 Å². The van der Waals surface area contributed by atoms with Crippen molar-refractivity contribution in [3.05, 3.63) is 34.9 Å². The molecule has 1 unspecified atom stereocenters. The van der Waals surface area contributed by atoms with Gasteiger partial charge in [0.1, 0.15) is 0 Å². The third-order valence-corrected chi connectivity index (χ3v) is 4.71. The second-order valence-corrected chi connectivity index (χ2v) is 6.20. The van der Waals surface area contributed by atoms with Crippen molar-refractivity contribution in [1.82, 2.24) is 0 Å². The highest BCUT2D eigenvalue weighted by molar-refractivity contribution is 5.35. The Morgan fingerprint density at radius 3 is 2.67 bits per heavy atom. The third kappa shape index (κ3) is 2.77. The molecule has 18 heavy (non-hydrogen) atoms. The number of hydrogen-bond donors (Lipinski definition) is 1. The number of rotatable bonds is 4. The van der Waals surface area contributed by atoms with E-state index in [0.29, 0.717) is 0 Å². The van der Waals surface area contributed by atoms with Gasteiger partial charge in [-0.2, -0.15) is 0 Å². The fourth-order valence-electron chi connectivity index (χ4n) is 3.74. The molecule has 1 aromatic rings. The molecule has 1 atom stereocenters. The van der Waals surface area contributed by atoms with Crippen molar-refractivity contribution in [2.45, 2.75) is 63.9 Å². The van der Waals surface area contributed by atoms with Gasteiger partial charge in [0.2, 0.25) is 0 Å². The summed E-state index contributed by atoms with van der Waals surface area (Å²) in [6.07, 6.45) is 10.9. The lowest BCUT2D eigenvalue weighted by Crippen LogP contribution is -2.14. The van der Waals surface area contributed by atoms with Crippen LogP contribution >= 0.6 is 0 Å². The first-order chi connectivity index (χ1) is 8.81. The number of aliphatic hydroxyl groups is 1. The van der Waals surface area contributed by atoms with Crippen molar-refractivity contribution in [3.8, 4) is 0 Å². The van der Waals surface area contributed by atoms with Crippen molar-refractivity contribution in [2.24, 2.45) is 5.92 Å². The molecule has 1 N–H and O–H groups in total. The first-order valence-corrected chi connectivity index (χ1v) is 7.60. The molecular weight excluding hydrogens is 220 g/mol. The molecule has 1 aromatic carbocycles. The fourth-order valence-corrected chi connectivity index (χ4v) is 3.74. The number of fused-ring (bicyclic) bond motifs is 1. The van der Waals surface area contributed by atoms with E-state index in [2.05, 4.69) is 18.2 Å². The minimum absolute atomic E-state index is 0.132. The third-order valence-electron chi connectivity index (χ3n) is 4.71. The summed E-state index contributed by atoms with van der Waals surface area (Å²) in [5, 5.41) is 10.2. The molecule has 2 aliphatic carbocycles. The minimum atomic E-state index is -0.132. The topological polar surface area (TPSA) is 20.2 Å². The Bertz CT molecular complexity index is 404. The molecule has 0 amide bonds. The minimum Gasteiger partial charge on any atom is -0.393 e. The van der Waals surface area contributed by atoms with Gasteiger partial charge in [0, 0.05) is 0 Å². The summed E-state index contributed by atoms with van der Waals surface area (Å²) >= 11 is 0. The highest BCUT2D eigenvalue weighted by atomic mass is 16.3. The molecule has 0 spiro atoms. The van der Waals surface area contributed by atoms with E-state index in [4.69, 9.17) is 0 Å². The quantitative estimate of drug-likeness (QED) is 0.857. The van der Waals surface area contributed by atoms with Gasteiger partial charge in [-0.15, -0.1) is 0 Å². The van der Waals surface area contributed by atoms with Crippen LogP contribution in [0.25, 0.3) is 0 Å². The van der Waals surface area contributed by atoms with Gasteiger partial charge in [-0.25, -0.2) is 0 Å². The van der Waals surface area contributed by atoms with Gasteiger partial charge in [0.15, 0.2) is 0 Å². The Morgan fingerprint density at radius 2 is 1.83 bits per heavy atom. The highest BCUT2D eigenvalue weighted by Crippen LogP contribution is 2.29. The monoisotopic (exact) mass is 244 g/mol. The zero-order valence-electron chi connectivity index (χ0n) is 11.2. The van der Waals surface area contributed by atoms with Crippen molar-refractivity contribution in [1.29, 1.82) is 0 Å². The molecule has 1 fully saturated rings. The molecule has 1 nitrogen and oxygen atoms in total. The van der Waals surface area contributed by atoms with Gasteiger partial charge in [0.25, 0.3) is 0 Å². The smallest absolute Gasteiger partial charge is 0.0583 e. The zero-order valence-corrected chi connectivity index (χ0v) is 11.2. The van der Waals surface area contributed by atoms with Crippen LogP contribution in [0.2, 0.25) is 0 Å². The van der Waals surface area contributed by atoms with Crippen LogP contribution in [-0.2, 0) is 19.3 Å². The maximum atomic E-state index is 10.2. The second kappa shape index (κ2) is 5.44. The van der Waals surface area contributed by atoms with Gasteiger partial charge in [-0.3, -0.25) is 0 Å². The summed E-state index contributed by atoms with van der Waals surface area (Å²) in [5.74, 6) is 0.787. The van der Waals surface area contributed by atoms with E-state index in [9.17, 15) is 5.11 Å². The summed E-state index contributed by atoms with van der Waals surface area (Å²) in [4.78, 5) is 0. The van der Waals surface area contributed by atoms with Crippen LogP contribution in [0.5, 0.6) is 0 Å². The van der Waals surface area contributed by atoms with Crippen LogP contribution in [0.15, 0.2) is 18.2 Å². The maximum absolute atomic E-state index is 10.2. The molecule has 0 aliphatic heterocycles. The van der Waals surface area contributed by atoms with Crippen LogP contribution in [0.3, 0.4) is 0 Å². The SMILES string of the molecule is OC(Cc1ccc2c(c1)CCC2)CC1CCCC1. The van der Waals surface area contributed by atoms with Crippen LogP contribution in [0.4, 0.5) is 0 Å². The average Bonchev–Trinajstić information content (AvgIpc) is 2.98. The lowest BCUT2D eigenvalue weighted by Gasteiger charge is -2.15. The van der Waals surface area contributed by atoms with E-state index in [1.54, 1.807) is 0 Å². The molecule has 0 aromatic heterocycles. The average molecular weight is 244 g/mol. The Balaban J connectivity index is 1.58. The Labute approximate surface area is 110 Å². The summed E-state index contributed by atoms with van der Waals surface area (Å²) in [6, 6.07) is 6.84. The van der Waals surface area contributed by atoms with Gasteiger partial charge in [0.05, 0.1) is 6.10 Å².